The molecule has 0 atom stereocenters. The van der Waals surface area contributed by atoms with Gasteiger partial charge in [-0.25, -0.2) is 4.39 Å². The van der Waals surface area contributed by atoms with Gasteiger partial charge in [0.05, 0.1) is 11.3 Å². The Balaban J connectivity index is 1.17. The molecule has 0 spiro atoms. The van der Waals surface area contributed by atoms with E-state index in [1.54, 1.807) is 12.1 Å². The number of ether oxygens (including phenoxy) is 3. The number of para-hydroxylation sites is 1. The lowest BCUT2D eigenvalue weighted by Crippen LogP contribution is -2.43. The summed E-state index contributed by atoms with van der Waals surface area (Å²) in [5.41, 5.74) is 2.80. The van der Waals surface area contributed by atoms with E-state index in [2.05, 4.69) is 17.0 Å². The van der Waals surface area contributed by atoms with Crippen LogP contribution >= 0.6 is 0 Å². The van der Waals surface area contributed by atoms with Crippen molar-refractivity contribution in [3.8, 4) is 17.2 Å². The van der Waals surface area contributed by atoms with Crippen molar-refractivity contribution >= 4 is 5.69 Å². The van der Waals surface area contributed by atoms with Crippen LogP contribution in [-0.2, 0) is 18.7 Å². The van der Waals surface area contributed by atoms with Crippen LogP contribution in [0.15, 0.2) is 60.7 Å². The molecule has 1 saturated heterocycles. The number of fused-ring (bicyclic) bond motifs is 2. The molecular formula is C28H29FN2O4. The third kappa shape index (κ3) is 4.42. The third-order valence-corrected chi connectivity index (χ3v) is 7.28. The maximum absolute atomic E-state index is 14.2. The number of benzene rings is 3. The van der Waals surface area contributed by atoms with Gasteiger partial charge in [0.15, 0.2) is 11.5 Å². The Labute approximate surface area is 204 Å². The second kappa shape index (κ2) is 9.06. The summed E-state index contributed by atoms with van der Waals surface area (Å²) < 4.78 is 31.2. The van der Waals surface area contributed by atoms with E-state index in [1.165, 1.54) is 6.07 Å². The normalized spacial score (nSPS) is 19.1. The highest BCUT2D eigenvalue weighted by atomic mass is 19.1. The number of anilines is 1. The van der Waals surface area contributed by atoms with Gasteiger partial charge < -0.3 is 24.2 Å². The zero-order valence-corrected chi connectivity index (χ0v) is 19.6. The molecule has 6 nitrogen and oxygen atoms in total. The number of hydrogen-bond donors (Lipinski definition) is 1. The third-order valence-electron chi connectivity index (χ3n) is 7.28. The first-order valence-electron chi connectivity index (χ1n) is 12.2. The first-order valence-corrected chi connectivity index (χ1v) is 12.2. The summed E-state index contributed by atoms with van der Waals surface area (Å²) in [4.78, 5) is 4.36. The van der Waals surface area contributed by atoms with Gasteiger partial charge in [-0.15, -0.1) is 0 Å². The van der Waals surface area contributed by atoms with Gasteiger partial charge in [0, 0.05) is 38.3 Å². The minimum Gasteiger partial charge on any atom is -0.492 e. The molecule has 7 heteroatoms. The summed E-state index contributed by atoms with van der Waals surface area (Å²) in [5, 5.41) is 11.5. The molecule has 0 aromatic heterocycles. The zero-order valence-electron chi connectivity index (χ0n) is 19.6. The fourth-order valence-electron chi connectivity index (χ4n) is 5.28. The monoisotopic (exact) mass is 476 g/mol. The van der Waals surface area contributed by atoms with Crippen LogP contribution in [0.1, 0.15) is 29.5 Å². The van der Waals surface area contributed by atoms with Crippen molar-refractivity contribution in [2.24, 2.45) is 0 Å². The highest BCUT2D eigenvalue weighted by Crippen LogP contribution is 2.38. The Morgan fingerprint density at radius 1 is 0.857 bits per heavy atom. The van der Waals surface area contributed by atoms with E-state index in [0.717, 1.165) is 53.6 Å². The van der Waals surface area contributed by atoms with Crippen molar-refractivity contribution in [2.45, 2.75) is 31.5 Å². The quantitative estimate of drug-likeness (QED) is 0.601. The van der Waals surface area contributed by atoms with Crippen LogP contribution in [0.3, 0.4) is 0 Å². The Kier molecular flexibility index (Phi) is 5.74. The predicted octanol–water partition coefficient (Wildman–Crippen LogP) is 4.44. The Morgan fingerprint density at radius 3 is 2.51 bits per heavy atom. The lowest BCUT2D eigenvalue weighted by molar-refractivity contribution is 0.0115. The smallest absolute Gasteiger partial charge is 0.231 e. The summed E-state index contributed by atoms with van der Waals surface area (Å²) in [5.74, 6) is 2.23. The van der Waals surface area contributed by atoms with Crippen molar-refractivity contribution < 1.29 is 23.7 Å². The standard InChI is InChI=1S/C28H29FN2O4/c29-23-3-1-2-4-24(23)31-11-9-28(32,10-12-31)22-6-8-25-21(16-22)18-30(13-14-33-25)17-20-5-7-26-27(15-20)35-19-34-26/h1-8,15-16,32H,9-14,17-19H2. The second-order valence-electron chi connectivity index (χ2n) is 9.54. The molecule has 0 saturated carbocycles. The lowest BCUT2D eigenvalue weighted by atomic mass is 9.83. The highest BCUT2D eigenvalue weighted by molar-refractivity contribution is 5.49. The molecule has 1 N–H and O–H groups in total. The second-order valence-corrected chi connectivity index (χ2v) is 9.54. The molecule has 3 aromatic rings. The molecule has 35 heavy (non-hydrogen) atoms. The predicted molar refractivity (Wildman–Crippen MR) is 130 cm³/mol. The molecule has 3 heterocycles. The van der Waals surface area contributed by atoms with Crippen LogP contribution in [-0.4, -0.2) is 43.0 Å². The summed E-state index contributed by atoms with van der Waals surface area (Å²) in [7, 11) is 0. The SMILES string of the molecule is OC1(c2ccc3c(c2)CN(Cc2ccc4c(c2)OCO4)CCO3)CCN(c2ccccc2F)CC1. The summed E-state index contributed by atoms with van der Waals surface area (Å²) in [6, 6.07) is 19.0. The van der Waals surface area contributed by atoms with E-state index >= 15 is 0 Å². The number of nitrogens with zero attached hydrogens (tertiary/aromatic N) is 2. The Bertz CT molecular complexity index is 1230. The number of piperidine rings is 1. The number of aliphatic hydroxyl groups is 1. The van der Waals surface area contributed by atoms with Gasteiger partial charge in [-0.05, 0) is 60.4 Å². The van der Waals surface area contributed by atoms with Gasteiger partial charge >= 0.3 is 0 Å². The van der Waals surface area contributed by atoms with E-state index in [-0.39, 0.29) is 12.6 Å². The molecule has 0 aliphatic carbocycles. The maximum Gasteiger partial charge on any atom is 0.231 e. The van der Waals surface area contributed by atoms with Crippen LogP contribution < -0.4 is 19.1 Å². The molecule has 3 aliphatic heterocycles. The van der Waals surface area contributed by atoms with Gasteiger partial charge in [0.1, 0.15) is 18.2 Å². The minimum absolute atomic E-state index is 0.220. The van der Waals surface area contributed by atoms with Crippen LogP contribution in [0.25, 0.3) is 0 Å². The molecule has 1 fully saturated rings. The van der Waals surface area contributed by atoms with Gasteiger partial charge in [0.2, 0.25) is 6.79 Å². The van der Waals surface area contributed by atoms with Crippen LogP contribution in [0.2, 0.25) is 0 Å². The van der Waals surface area contributed by atoms with E-state index < -0.39 is 5.60 Å². The van der Waals surface area contributed by atoms with Crippen molar-refractivity contribution in [3.05, 3.63) is 83.2 Å². The number of halogens is 1. The fraction of sp³-hybridized carbons (Fsp3) is 0.357. The fourth-order valence-corrected chi connectivity index (χ4v) is 5.28. The van der Waals surface area contributed by atoms with Gasteiger partial charge in [-0.2, -0.15) is 0 Å². The van der Waals surface area contributed by atoms with Gasteiger partial charge in [-0.3, -0.25) is 4.90 Å². The molecule has 0 radical (unpaired) electrons. The van der Waals surface area contributed by atoms with Crippen molar-refractivity contribution in [3.63, 3.8) is 0 Å². The molecule has 0 amide bonds. The van der Waals surface area contributed by atoms with Gasteiger partial charge in [0.25, 0.3) is 0 Å². The van der Waals surface area contributed by atoms with Crippen LogP contribution in [0, 0.1) is 5.82 Å². The average molecular weight is 477 g/mol. The highest BCUT2D eigenvalue weighted by Gasteiger charge is 2.35. The lowest BCUT2D eigenvalue weighted by Gasteiger charge is -2.40. The molecule has 3 aromatic carbocycles. The van der Waals surface area contributed by atoms with Gasteiger partial charge in [-0.1, -0.05) is 24.3 Å². The van der Waals surface area contributed by atoms with Crippen molar-refractivity contribution in [1.29, 1.82) is 0 Å². The van der Waals surface area contributed by atoms with Crippen molar-refractivity contribution in [1.82, 2.24) is 4.90 Å². The van der Waals surface area contributed by atoms with E-state index in [4.69, 9.17) is 14.2 Å². The first kappa shape index (κ1) is 22.2. The molecular weight excluding hydrogens is 447 g/mol. The number of rotatable bonds is 4. The van der Waals surface area contributed by atoms with E-state index in [0.29, 0.717) is 38.2 Å². The molecule has 6 rings (SSSR count). The maximum atomic E-state index is 14.2. The largest absolute Gasteiger partial charge is 0.492 e. The zero-order chi connectivity index (χ0) is 23.8. The number of hydrogen-bond acceptors (Lipinski definition) is 6. The molecule has 0 bridgehead atoms. The molecule has 3 aliphatic rings. The first-order chi connectivity index (χ1) is 17.1. The van der Waals surface area contributed by atoms with E-state index in [9.17, 15) is 9.50 Å². The summed E-state index contributed by atoms with van der Waals surface area (Å²) >= 11 is 0. The average Bonchev–Trinajstić information content (AvgIpc) is 3.24. The topological polar surface area (TPSA) is 54.4 Å². The molecule has 0 unspecified atom stereocenters. The Morgan fingerprint density at radius 2 is 1.66 bits per heavy atom. The summed E-state index contributed by atoms with van der Waals surface area (Å²) in [6.45, 7) is 4.38. The molecule has 182 valence electrons. The minimum atomic E-state index is -0.939. The van der Waals surface area contributed by atoms with E-state index in [1.807, 2.05) is 35.2 Å². The van der Waals surface area contributed by atoms with Crippen LogP contribution in [0.5, 0.6) is 17.2 Å². The Hall–Kier alpha value is -3.29. The van der Waals surface area contributed by atoms with Crippen molar-refractivity contribution in [2.75, 3.05) is 37.9 Å². The van der Waals surface area contributed by atoms with Crippen LogP contribution in [0.4, 0.5) is 10.1 Å². The summed E-state index contributed by atoms with van der Waals surface area (Å²) in [6.07, 6.45) is 1.09.